The Bertz CT molecular complexity index is 600. The fourth-order valence-corrected chi connectivity index (χ4v) is 1.64. The Labute approximate surface area is 125 Å². The first-order valence-electron chi connectivity index (χ1n) is 7.03. The van der Waals surface area contributed by atoms with E-state index in [0.29, 0.717) is 22.8 Å². The summed E-state index contributed by atoms with van der Waals surface area (Å²) in [6.07, 6.45) is 1.46. The van der Waals surface area contributed by atoms with E-state index in [1.807, 2.05) is 27.7 Å². The van der Waals surface area contributed by atoms with Crippen LogP contribution in [0, 0.1) is 12.7 Å². The minimum absolute atomic E-state index is 0.0705. The summed E-state index contributed by atoms with van der Waals surface area (Å²) in [5.74, 6) is 0.199. The van der Waals surface area contributed by atoms with Crippen LogP contribution in [-0.4, -0.2) is 16.1 Å². The number of anilines is 1. The Balaban J connectivity index is 0.00000106. The lowest BCUT2D eigenvalue weighted by Gasteiger charge is -2.11. The van der Waals surface area contributed by atoms with Gasteiger partial charge in [-0.15, -0.1) is 0 Å². The van der Waals surface area contributed by atoms with Gasteiger partial charge in [-0.25, -0.2) is 14.4 Å². The first-order chi connectivity index (χ1) is 9.97. The highest BCUT2D eigenvalue weighted by Crippen LogP contribution is 2.25. The van der Waals surface area contributed by atoms with Crippen molar-refractivity contribution in [3.05, 3.63) is 35.9 Å². The van der Waals surface area contributed by atoms with Crippen LogP contribution in [0.3, 0.4) is 0 Å². The molecule has 4 nitrogen and oxygen atoms in total. The maximum absolute atomic E-state index is 13.9. The van der Waals surface area contributed by atoms with Crippen molar-refractivity contribution in [1.82, 2.24) is 9.97 Å². The summed E-state index contributed by atoms with van der Waals surface area (Å²) in [6, 6.07) is 4.73. The highest BCUT2D eigenvalue weighted by Gasteiger charge is 2.09. The molecule has 2 rings (SSSR count). The lowest BCUT2D eigenvalue weighted by Crippen LogP contribution is -2.07. The number of nitrogen functional groups attached to an aromatic ring is 1. The largest absolute Gasteiger partial charge is 0.488 e. The van der Waals surface area contributed by atoms with Gasteiger partial charge in [0.1, 0.15) is 5.82 Å². The van der Waals surface area contributed by atoms with Crippen LogP contribution in [0.2, 0.25) is 0 Å². The van der Waals surface area contributed by atoms with Crippen molar-refractivity contribution in [3.63, 3.8) is 0 Å². The smallest absolute Gasteiger partial charge is 0.165 e. The monoisotopic (exact) mass is 291 g/mol. The van der Waals surface area contributed by atoms with E-state index >= 15 is 0 Å². The number of benzene rings is 1. The summed E-state index contributed by atoms with van der Waals surface area (Å²) in [4.78, 5) is 8.30. The van der Waals surface area contributed by atoms with Crippen LogP contribution < -0.4 is 10.5 Å². The number of aryl methyl sites for hydroxylation is 1. The Morgan fingerprint density at radius 1 is 1.24 bits per heavy atom. The summed E-state index contributed by atoms with van der Waals surface area (Å²) in [6.45, 7) is 9.46. The van der Waals surface area contributed by atoms with Gasteiger partial charge >= 0.3 is 0 Å². The summed E-state index contributed by atoms with van der Waals surface area (Å²) < 4.78 is 19.2. The third-order valence-electron chi connectivity index (χ3n) is 2.58. The van der Waals surface area contributed by atoms with E-state index in [-0.39, 0.29) is 11.9 Å². The molecule has 0 unspecified atom stereocenters. The Kier molecular flexibility index (Phi) is 6.09. The molecule has 0 spiro atoms. The third kappa shape index (κ3) is 4.41. The molecule has 114 valence electrons. The number of hydrogen-bond donors (Lipinski definition) is 1. The lowest BCUT2D eigenvalue weighted by atomic mass is 10.1. The van der Waals surface area contributed by atoms with E-state index in [1.54, 1.807) is 19.1 Å². The van der Waals surface area contributed by atoms with E-state index < -0.39 is 5.82 Å². The molecule has 1 aromatic heterocycles. The van der Waals surface area contributed by atoms with Gasteiger partial charge in [-0.2, -0.15) is 0 Å². The van der Waals surface area contributed by atoms with Gasteiger partial charge in [-0.05, 0) is 39.0 Å². The van der Waals surface area contributed by atoms with Crippen LogP contribution in [0.4, 0.5) is 10.2 Å². The number of ether oxygens (including phenoxy) is 1. The van der Waals surface area contributed by atoms with Gasteiger partial charge < -0.3 is 10.5 Å². The van der Waals surface area contributed by atoms with Crippen LogP contribution in [0.1, 0.15) is 33.4 Å². The Hall–Kier alpha value is -2.17. The number of nitrogens with zero attached hydrogens (tertiary/aromatic N) is 2. The molecule has 1 heterocycles. The van der Waals surface area contributed by atoms with Gasteiger partial charge in [0.05, 0.1) is 23.7 Å². The van der Waals surface area contributed by atoms with Gasteiger partial charge in [0, 0.05) is 5.56 Å². The van der Waals surface area contributed by atoms with Crippen molar-refractivity contribution in [3.8, 4) is 17.0 Å². The normalized spacial score (nSPS) is 10.0. The summed E-state index contributed by atoms with van der Waals surface area (Å²) in [7, 11) is 0. The van der Waals surface area contributed by atoms with Crippen molar-refractivity contribution >= 4 is 5.82 Å². The van der Waals surface area contributed by atoms with Gasteiger partial charge in [0.25, 0.3) is 0 Å². The van der Waals surface area contributed by atoms with Crippen LogP contribution >= 0.6 is 0 Å². The average Bonchev–Trinajstić information content (AvgIpc) is 2.46. The molecule has 0 radical (unpaired) electrons. The molecular weight excluding hydrogens is 269 g/mol. The molecule has 21 heavy (non-hydrogen) atoms. The van der Waals surface area contributed by atoms with Gasteiger partial charge in [0.2, 0.25) is 0 Å². The second kappa shape index (κ2) is 7.57. The number of rotatable bonds is 3. The average molecular weight is 291 g/mol. The lowest BCUT2D eigenvalue weighted by molar-refractivity contribution is 0.231. The van der Waals surface area contributed by atoms with Crippen molar-refractivity contribution in [2.24, 2.45) is 0 Å². The minimum Gasteiger partial charge on any atom is -0.488 e. The molecule has 0 fully saturated rings. The van der Waals surface area contributed by atoms with Gasteiger partial charge in [-0.1, -0.05) is 13.8 Å². The molecule has 1 aromatic carbocycles. The van der Waals surface area contributed by atoms with Crippen LogP contribution in [-0.2, 0) is 0 Å². The highest BCUT2D eigenvalue weighted by atomic mass is 19.1. The predicted octanol–water partition coefficient (Wildman–Crippen LogP) is 3.99. The number of hydrogen-bond acceptors (Lipinski definition) is 4. The molecule has 0 bridgehead atoms. The zero-order valence-corrected chi connectivity index (χ0v) is 13.1. The number of halogens is 1. The second-order valence-electron chi connectivity index (χ2n) is 4.54. The molecule has 0 saturated heterocycles. The van der Waals surface area contributed by atoms with Crippen molar-refractivity contribution in [1.29, 1.82) is 0 Å². The molecule has 0 aliphatic heterocycles. The summed E-state index contributed by atoms with van der Waals surface area (Å²) in [5.41, 5.74) is 7.46. The Morgan fingerprint density at radius 2 is 1.90 bits per heavy atom. The molecule has 0 aliphatic carbocycles. The minimum atomic E-state index is -0.414. The van der Waals surface area contributed by atoms with E-state index in [2.05, 4.69) is 9.97 Å². The fraction of sp³-hybridized carbons (Fsp3) is 0.375. The SMILES string of the molecule is CC.Cc1nc(-c2ccc(OC(C)C)c(F)c2)cnc1N. The first-order valence-corrected chi connectivity index (χ1v) is 7.03. The third-order valence-corrected chi connectivity index (χ3v) is 2.58. The van der Waals surface area contributed by atoms with Crippen molar-refractivity contribution in [2.75, 3.05) is 5.73 Å². The summed E-state index contributed by atoms with van der Waals surface area (Å²) in [5, 5.41) is 0. The van der Waals surface area contributed by atoms with E-state index in [9.17, 15) is 4.39 Å². The van der Waals surface area contributed by atoms with Crippen LogP contribution in [0.5, 0.6) is 5.75 Å². The first kappa shape index (κ1) is 16.9. The van der Waals surface area contributed by atoms with Gasteiger partial charge in [-0.3, -0.25) is 0 Å². The molecule has 0 aliphatic rings. The van der Waals surface area contributed by atoms with Crippen LogP contribution in [0.15, 0.2) is 24.4 Å². The second-order valence-corrected chi connectivity index (χ2v) is 4.54. The quantitative estimate of drug-likeness (QED) is 0.929. The highest BCUT2D eigenvalue weighted by molar-refractivity contribution is 5.60. The van der Waals surface area contributed by atoms with E-state index in [1.165, 1.54) is 12.3 Å². The Morgan fingerprint density at radius 3 is 2.43 bits per heavy atom. The maximum atomic E-state index is 13.9. The molecule has 2 aromatic rings. The molecule has 0 atom stereocenters. The number of nitrogens with two attached hydrogens (primary N) is 1. The molecular formula is C16H22FN3O. The van der Waals surface area contributed by atoms with E-state index in [4.69, 9.17) is 10.5 Å². The maximum Gasteiger partial charge on any atom is 0.165 e. The van der Waals surface area contributed by atoms with E-state index in [0.717, 1.165) is 0 Å². The number of aromatic nitrogens is 2. The standard InChI is InChI=1S/C14H16FN3O.C2H6/c1-8(2)19-13-5-4-10(6-11(13)15)12-7-17-14(16)9(3)18-12;1-2/h4-8H,1-3H3,(H2,16,17);1-2H3. The van der Waals surface area contributed by atoms with Crippen LogP contribution in [0.25, 0.3) is 11.3 Å². The zero-order chi connectivity index (χ0) is 16.0. The van der Waals surface area contributed by atoms with Crippen molar-refractivity contribution < 1.29 is 9.13 Å². The zero-order valence-electron chi connectivity index (χ0n) is 13.1. The molecule has 5 heteroatoms. The molecule has 2 N–H and O–H groups in total. The predicted molar refractivity (Wildman–Crippen MR) is 83.7 cm³/mol. The molecule has 0 amide bonds. The van der Waals surface area contributed by atoms with Gasteiger partial charge in [0.15, 0.2) is 11.6 Å². The molecule has 0 saturated carbocycles. The fourth-order valence-electron chi connectivity index (χ4n) is 1.64. The van der Waals surface area contributed by atoms with Crippen molar-refractivity contribution in [2.45, 2.75) is 40.7 Å². The topological polar surface area (TPSA) is 61.0 Å². The summed E-state index contributed by atoms with van der Waals surface area (Å²) >= 11 is 0.